The van der Waals surface area contributed by atoms with Crippen molar-refractivity contribution in [3.8, 4) is 0 Å². The number of carbonyl (C=O) groups is 1. The number of nitrogens with one attached hydrogen (secondary N) is 1. The molecule has 0 aliphatic carbocycles. The number of hydrogen-bond acceptors (Lipinski definition) is 2. The molecule has 4 heteroatoms. The van der Waals surface area contributed by atoms with Crippen molar-refractivity contribution in [1.82, 2.24) is 4.90 Å². The van der Waals surface area contributed by atoms with Gasteiger partial charge in [0, 0.05) is 23.2 Å². The quantitative estimate of drug-likeness (QED) is 0.929. The van der Waals surface area contributed by atoms with Gasteiger partial charge in [-0.3, -0.25) is 4.79 Å². The minimum Gasteiger partial charge on any atom is -0.376 e. The van der Waals surface area contributed by atoms with Crippen molar-refractivity contribution < 1.29 is 4.79 Å². The van der Waals surface area contributed by atoms with Gasteiger partial charge in [0.25, 0.3) is 0 Å². The van der Waals surface area contributed by atoms with E-state index in [1.165, 1.54) is 12.8 Å². The SMILES string of the molecule is O=C(CNc1ccc(Br)cc1)N1CCCCCC1. The first kappa shape index (κ1) is 13.4. The molecule has 1 aromatic carbocycles. The van der Waals surface area contributed by atoms with Crippen LogP contribution in [0.1, 0.15) is 25.7 Å². The van der Waals surface area contributed by atoms with Crippen LogP contribution in [0.2, 0.25) is 0 Å². The van der Waals surface area contributed by atoms with Crippen LogP contribution in [0, 0.1) is 0 Å². The summed E-state index contributed by atoms with van der Waals surface area (Å²) in [5, 5.41) is 3.18. The lowest BCUT2D eigenvalue weighted by Gasteiger charge is -2.20. The second-order valence-electron chi connectivity index (χ2n) is 4.66. The lowest BCUT2D eigenvalue weighted by molar-refractivity contribution is -0.129. The summed E-state index contributed by atoms with van der Waals surface area (Å²) in [7, 11) is 0. The number of likely N-dealkylation sites (tertiary alicyclic amines) is 1. The van der Waals surface area contributed by atoms with Gasteiger partial charge in [0.05, 0.1) is 6.54 Å². The number of hydrogen-bond donors (Lipinski definition) is 1. The number of rotatable bonds is 3. The fraction of sp³-hybridized carbons (Fsp3) is 0.500. The van der Waals surface area contributed by atoms with E-state index < -0.39 is 0 Å². The molecule has 3 nitrogen and oxygen atoms in total. The second-order valence-corrected chi connectivity index (χ2v) is 5.57. The smallest absolute Gasteiger partial charge is 0.241 e. The summed E-state index contributed by atoms with van der Waals surface area (Å²) < 4.78 is 1.05. The van der Waals surface area contributed by atoms with Crippen molar-refractivity contribution in [3.05, 3.63) is 28.7 Å². The van der Waals surface area contributed by atoms with Crippen LogP contribution >= 0.6 is 15.9 Å². The normalized spacial score (nSPS) is 16.2. The Bertz CT molecular complexity index is 383. The zero-order chi connectivity index (χ0) is 12.8. The van der Waals surface area contributed by atoms with Crippen molar-refractivity contribution >= 4 is 27.5 Å². The zero-order valence-corrected chi connectivity index (χ0v) is 12.1. The maximum Gasteiger partial charge on any atom is 0.241 e. The van der Waals surface area contributed by atoms with E-state index in [2.05, 4.69) is 21.2 Å². The first-order valence-electron chi connectivity index (χ1n) is 6.53. The minimum atomic E-state index is 0.208. The van der Waals surface area contributed by atoms with Crippen LogP contribution in [0.15, 0.2) is 28.7 Å². The van der Waals surface area contributed by atoms with E-state index in [1.807, 2.05) is 29.2 Å². The highest BCUT2D eigenvalue weighted by molar-refractivity contribution is 9.10. The fourth-order valence-electron chi connectivity index (χ4n) is 2.18. The fourth-order valence-corrected chi connectivity index (χ4v) is 2.44. The predicted molar refractivity (Wildman–Crippen MR) is 77.7 cm³/mol. The molecule has 1 aliphatic rings. The van der Waals surface area contributed by atoms with Crippen LogP contribution in [0.3, 0.4) is 0 Å². The summed E-state index contributed by atoms with van der Waals surface area (Å²) >= 11 is 3.39. The van der Waals surface area contributed by atoms with Crippen LogP contribution < -0.4 is 5.32 Å². The summed E-state index contributed by atoms with van der Waals surface area (Å²) in [6, 6.07) is 7.89. The Morgan fingerprint density at radius 2 is 1.72 bits per heavy atom. The van der Waals surface area contributed by atoms with Crippen molar-refractivity contribution in [3.63, 3.8) is 0 Å². The summed E-state index contributed by atoms with van der Waals surface area (Å²) in [4.78, 5) is 14.0. The molecule has 1 aromatic rings. The lowest BCUT2D eigenvalue weighted by atomic mass is 10.2. The summed E-state index contributed by atoms with van der Waals surface area (Å²) in [5.74, 6) is 0.208. The predicted octanol–water partition coefficient (Wildman–Crippen LogP) is 3.26. The van der Waals surface area contributed by atoms with E-state index in [0.717, 1.165) is 36.1 Å². The highest BCUT2D eigenvalue weighted by Gasteiger charge is 2.14. The standard InChI is InChI=1S/C14H19BrN2O/c15-12-5-7-13(8-6-12)16-11-14(18)17-9-3-1-2-4-10-17/h5-8,16H,1-4,9-11H2. The number of benzene rings is 1. The Hall–Kier alpha value is -1.03. The van der Waals surface area contributed by atoms with Gasteiger partial charge in [0.1, 0.15) is 0 Å². The molecule has 1 heterocycles. The molecule has 2 rings (SSSR count). The minimum absolute atomic E-state index is 0.208. The molecule has 0 bridgehead atoms. The van der Waals surface area contributed by atoms with E-state index in [9.17, 15) is 4.79 Å². The third-order valence-corrected chi connectivity index (χ3v) is 3.78. The molecule has 1 aliphatic heterocycles. The second kappa shape index (κ2) is 6.78. The first-order chi connectivity index (χ1) is 8.75. The maximum absolute atomic E-state index is 12.0. The summed E-state index contributed by atoms with van der Waals surface area (Å²) in [6.45, 7) is 2.23. The van der Waals surface area contributed by atoms with E-state index in [-0.39, 0.29) is 5.91 Å². The van der Waals surface area contributed by atoms with E-state index in [0.29, 0.717) is 6.54 Å². The highest BCUT2D eigenvalue weighted by Crippen LogP contribution is 2.14. The molecule has 0 saturated carbocycles. The lowest BCUT2D eigenvalue weighted by Crippen LogP contribution is -2.36. The average Bonchev–Trinajstić information content (AvgIpc) is 2.66. The molecule has 18 heavy (non-hydrogen) atoms. The Morgan fingerprint density at radius 1 is 1.11 bits per heavy atom. The third-order valence-electron chi connectivity index (χ3n) is 3.25. The third kappa shape index (κ3) is 4.02. The molecular weight excluding hydrogens is 292 g/mol. The van der Waals surface area contributed by atoms with Gasteiger partial charge in [-0.2, -0.15) is 0 Å². The summed E-state index contributed by atoms with van der Waals surface area (Å²) in [6.07, 6.45) is 4.79. The molecule has 0 unspecified atom stereocenters. The number of amides is 1. The molecular formula is C14H19BrN2O. The largest absolute Gasteiger partial charge is 0.376 e. The molecule has 98 valence electrons. The number of anilines is 1. The number of nitrogens with zero attached hydrogens (tertiary/aromatic N) is 1. The van der Waals surface area contributed by atoms with Crippen molar-refractivity contribution in [2.45, 2.75) is 25.7 Å². The van der Waals surface area contributed by atoms with Crippen molar-refractivity contribution in [1.29, 1.82) is 0 Å². The van der Waals surface area contributed by atoms with Crippen LogP contribution in [0.5, 0.6) is 0 Å². The van der Waals surface area contributed by atoms with Crippen LogP contribution in [-0.2, 0) is 4.79 Å². The molecule has 1 amide bonds. The van der Waals surface area contributed by atoms with Gasteiger partial charge in [-0.1, -0.05) is 28.8 Å². The zero-order valence-electron chi connectivity index (χ0n) is 10.5. The van der Waals surface area contributed by atoms with Gasteiger partial charge in [0.15, 0.2) is 0 Å². The molecule has 1 saturated heterocycles. The highest BCUT2D eigenvalue weighted by atomic mass is 79.9. The first-order valence-corrected chi connectivity index (χ1v) is 7.32. The van der Waals surface area contributed by atoms with Gasteiger partial charge in [0.2, 0.25) is 5.91 Å². The van der Waals surface area contributed by atoms with Gasteiger partial charge in [-0.15, -0.1) is 0 Å². The van der Waals surface area contributed by atoms with Crippen molar-refractivity contribution in [2.24, 2.45) is 0 Å². The molecule has 1 N–H and O–H groups in total. The Labute approximate surface area is 117 Å². The summed E-state index contributed by atoms with van der Waals surface area (Å²) in [5.41, 5.74) is 0.987. The van der Waals surface area contributed by atoms with Crippen LogP contribution in [0.4, 0.5) is 5.69 Å². The van der Waals surface area contributed by atoms with Crippen LogP contribution in [0.25, 0.3) is 0 Å². The Kier molecular flexibility index (Phi) is 5.05. The molecule has 0 atom stereocenters. The van der Waals surface area contributed by atoms with Gasteiger partial charge in [-0.05, 0) is 37.1 Å². The van der Waals surface area contributed by atoms with Crippen LogP contribution in [-0.4, -0.2) is 30.4 Å². The molecule has 0 aromatic heterocycles. The molecule has 0 spiro atoms. The average molecular weight is 311 g/mol. The van der Waals surface area contributed by atoms with Gasteiger partial charge >= 0.3 is 0 Å². The monoisotopic (exact) mass is 310 g/mol. The van der Waals surface area contributed by atoms with E-state index >= 15 is 0 Å². The van der Waals surface area contributed by atoms with Crippen molar-refractivity contribution in [2.75, 3.05) is 25.0 Å². The topological polar surface area (TPSA) is 32.3 Å². The molecule has 1 fully saturated rings. The Morgan fingerprint density at radius 3 is 2.33 bits per heavy atom. The maximum atomic E-state index is 12.0. The van der Waals surface area contributed by atoms with E-state index in [1.54, 1.807) is 0 Å². The van der Waals surface area contributed by atoms with Gasteiger partial charge < -0.3 is 10.2 Å². The number of halogens is 1. The van der Waals surface area contributed by atoms with E-state index in [4.69, 9.17) is 0 Å². The number of carbonyl (C=O) groups excluding carboxylic acids is 1. The molecule has 0 radical (unpaired) electrons. The Balaban J connectivity index is 1.81. The van der Waals surface area contributed by atoms with Gasteiger partial charge in [-0.25, -0.2) is 0 Å².